The monoisotopic (exact) mass is 1360 g/mol. The van der Waals surface area contributed by atoms with Crippen LogP contribution in [-0.4, -0.2) is 114 Å². The van der Waals surface area contributed by atoms with E-state index in [1.807, 2.05) is 69.4 Å². The number of nitrogens with zero attached hydrogens (tertiary/aromatic N) is 5. The van der Waals surface area contributed by atoms with Gasteiger partial charge in [-0.25, -0.2) is 41.5 Å². The molecule has 9 rings (SSSR count). The lowest BCUT2D eigenvalue weighted by Crippen LogP contribution is -2.28. The zero-order valence-corrected chi connectivity index (χ0v) is 54.1. The zero-order valence-electron chi connectivity index (χ0n) is 48.2. The number of carbonyl (C=O) groups excluding carboxylic acids is 1. The molecule has 7 atom stereocenters. The lowest BCUT2D eigenvalue weighted by atomic mass is 9.79. The van der Waals surface area contributed by atoms with Crippen molar-refractivity contribution >= 4 is 130 Å². The van der Waals surface area contributed by atoms with Gasteiger partial charge in [0.2, 0.25) is 11.6 Å². The van der Waals surface area contributed by atoms with Crippen molar-refractivity contribution in [1.29, 1.82) is 0 Å². The van der Waals surface area contributed by atoms with Gasteiger partial charge < -0.3 is 58.5 Å². The summed E-state index contributed by atoms with van der Waals surface area (Å²) in [7, 11) is -16.7. The third-order valence-corrected chi connectivity index (χ3v) is 21.7. The van der Waals surface area contributed by atoms with E-state index in [9.17, 15) is 59.8 Å². The van der Waals surface area contributed by atoms with Gasteiger partial charge in [0, 0.05) is 70.4 Å². The Bertz CT molecular complexity index is 4250. The molecule has 1 fully saturated rings. The Morgan fingerprint density at radius 1 is 0.865 bits per heavy atom. The van der Waals surface area contributed by atoms with Gasteiger partial charge in [0.1, 0.15) is 30.6 Å². The number of carbonyl (C=O) groups is 1. The molecule has 1 amide bonds. The van der Waals surface area contributed by atoms with Crippen LogP contribution in [0.2, 0.25) is 0 Å². The van der Waals surface area contributed by atoms with Gasteiger partial charge in [0.25, 0.3) is 0 Å². The van der Waals surface area contributed by atoms with Crippen LogP contribution < -0.4 is 16.0 Å². The van der Waals surface area contributed by atoms with Crippen molar-refractivity contribution in [3.05, 3.63) is 114 Å². The van der Waals surface area contributed by atoms with Crippen molar-refractivity contribution in [2.45, 2.75) is 116 Å². The lowest BCUT2D eigenvalue weighted by molar-refractivity contribution is -0.438. The van der Waals surface area contributed by atoms with E-state index in [0.29, 0.717) is 83.1 Å². The van der Waals surface area contributed by atoms with Crippen molar-refractivity contribution in [1.82, 2.24) is 19.9 Å². The van der Waals surface area contributed by atoms with Gasteiger partial charge in [-0.1, -0.05) is 50.0 Å². The second-order valence-electron chi connectivity index (χ2n) is 21.7. The first-order valence-corrected chi connectivity index (χ1v) is 35.9. The number of anilines is 2. The van der Waals surface area contributed by atoms with Gasteiger partial charge in [-0.3, -0.25) is 9.32 Å². The molecule has 0 bridgehead atoms. The number of benzene rings is 4. The molecule has 0 saturated carbocycles. The molecule has 476 valence electrons. The first-order valence-electron chi connectivity index (χ1n) is 27.3. The summed E-state index contributed by atoms with van der Waals surface area (Å²) in [6, 6.07) is 13.6. The highest BCUT2D eigenvalue weighted by atomic mass is 32.2. The van der Waals surface area contributed by atoms with E-state index in [1.165, 1.54) is 18.5 Å². The molecule has 7 unspecified atom stereocenters. The van der Waals surface area contributed by atoms with Crippen LogP contribution in [0.1, 0.15) is 96.1 Å². The number of aromatic nitrogens is 3. The van der Waals surface area contributed by atoms with Gasteiger partial charge in [-0.15, -0.1) is 0 Å². The van der Waals surface area contributed by atoms with Crippen molar-refractivity contribution in [2.75, 3.05) is 36.9 Å². The minimum atomic E-state index is -5.71. The molecule has 5 heterocycles. The highest BCUT2D eigenvalue weighted by Crippen LogP contribution is 2.66. The Balaban J connectivity index is 0.879. The minimum absolute atomic E-state index is 0.00383. The van der Waals surface area contributed by atoms with Crippen LogP contribution in [0.15, 0.2) is 117 Å². The molecule has 6 aromatic rings. The zero-order chi connectivity index (χ0) is 64.5. The second kappa shape index (κ2) is 27.4. The average molecular weight is 1360 g/mol. The Kier molecular flexibility index (Phi) is 20.9. The maximum absolute atomic E-state index is 13.2. The minimum Gasteiger partial charge on any atom is -0.383 e. The smallest absolute Gasteiger partial charge is 0.383 e. The Morgan fingerprint density at radius 3 is 2.26 bits per heavy atom. The van der Waals surface area contributed by atoms with Crippen molar-refractivity contribution in [3.8, 4) is 11.8 Å². The van der Waals surface area contributed by atoms with Crippen molar-refractivity contribution in [2.24, 2.45) is 0 Å². The van der Waals surface area contributed by atoms with Crippen LogP contribution in [0, 0.1) is 11.8 Å². The number of hydrogen-bond acceptors (Lipinski definition) is 18. The van der Waals surface area contributed by atoms with Gasteiger partial charge in [-0.2, -0.15) is 17.5 Å². The number of nitrogens with one attached hydrogen (secondary N) is 1. The number of likely N-dealkylation sites (N-methyl/N-ethyl adjacent to an activating group) is 1. The largest absolute Gasteiger partial charge is 0.490 e. The quantitative estimate of drug-likeness (QED) is 0.00310. The fraction of sp³-hybridized carbons (Fsp3) is 0.345. The number of fused-ring (bicyclic) bond motifs is 7. The summed E-state index contributed by atoms with van der Waals surface area (Å²) >= 11 is -6.56. The van der Waals surface area contributed by atoms with Crippen LogP contribution in [0.4, 0.5) is 17.2 Å². The van der Waals surface area contributed by atoms with E-state index in [4.69, 9.17) is 24.8 Å². The summed E-state index contributed by atoms with van der Waals surface area (Å²) in [5.41, 5.74) is 11.0. The second-order valence-corrected chi connectivity index (χ2v) is 29.7. The number of phosphoric ester groups is 1. The van der Waals surface area contributed by atoms with Crippen LogP contribution in [0.25, 0.3) is 32.6 Å². The number of nitrogens with two attached hydrogens (primary N) is 1. The topological polar surface area (TPSA) is 402 Å². The van der Waals surface area contributed by atoms with Crippen LogP contribution in [-0.2, 0) is 84.8 Å². The highest BCUT2D eigenvalue weighted by Gasteiger charge is 2.47. The molecule has 4 aromatic carbocycles. The summed E-state index contributed by atoms with van der Waals surface area (Å²) in [6.45, 7) is 10.7. The number of hydrogen-bond donors (Lipinski definition) is 10. The lowest BCUT2D eigenvalue weighted by Gasteiger charge is -2.26. The maximum Gasteiger partial charge on any atom is 0.490 e. The Morgan fingerprint density at radius 2 is 1.57 bits per heavy atom. The van der Waals surface area contributed by atoms with Crippen LogP contribution in [0.3, 0.4) is 0 Å². The van der Waals surface area contributed by atoms with Crippen molar-refractivity contribution < 1.29 is 96.4 Å². The Hall–Kier alpha value is -5.49. The number of phosphoric acid groups is 3. The maximum atomic E-state index is 13.2. The van der Waals surface area contributed by atoms with Crippen molar-refractivity contribution in [3.63, 3.8) is 0 Å². The number of rotatable bonds is 24. The summed E-state index contributed by atoms with van der Waals surface area (Å²) in [5, 5.41) is 15.1. The molecule has 3 aliphatic heterocycles. The molecule has 0 aliphatic carbocycles. The number of ether oxygens (including phenoxy) is 1. The van der Waals surface area contributed by atoms with Crippen LogP contribution >= 0.6 is 35.5 Å². The summed E-state index contributed by atoms with van der Waals surface area (Å²) in [4.78, 5) is 61.4. The van der Waals surface area contributed by atoms with E-state index >= 15 is 0 Å². The predicted octanol–water partition coefficient (Wildman–Crippen LogP) is 9.50. The normalized spacial score (nSPS) is 20.1. The fourth-order valence-electron chi connectivity index (χ4n) is 11.7. The molecular weight excluding hydrogens is 1300 g/mol. The summed E-state index contributed by atoms with van der Waals surface area (Å²) in [5.74, 6) is 5.80. The number of unbranched alkanes of at least 4 members (excludes halogenated alkanes) is 2. The van der Waals surface area contributed by atoms with E-state index < -0.39 is 86.5 Å². The molecule has 11 N–H and O–H groups in total. The number of nitrogen functional groups attached to an aromatic ring is 1. The number of allylic oxidation sites excluding steroid dienone is 6. The number of amides is 1. The third-order valence-electron chi connectivity index (χ3n) is 15.3. The van der Waals surface area contributed by atoms with E-state index in [-0.39, 0.29) is 45.8 Å². The van der Waals surface area contributed by atoms with Gasteiger partial charge >= 0.3 is 23.5 Å². The predicted molar refractivity (Wildman–Crippen MR) is 333 cm³/mol. The molecule has 3 aliphatic rings. The first-order chi connectivity index (χ1) is 42.0. The van der Waals surface area contributed by atoms with Gasteiger partial charge in [0.15, 0.2) is 39.0 Å². The fourth-order valence-corrected chi connectivity index (χ4v) is 16.9. The molecule has 34 heteroatoms. The Labute approximate surface area is 521 Å². The molecule has 89 heavy (non-hydrogen) atoms. The highest BCUT2D eigenvalue weighted by molar-refractivity contribution is 7.94. The molecule has 27 nitrogen and oxygen atoms in total. The molecule has 1 saturated heterocycles. The molecule has 2 aromatic heterocycles. The average Bonchev–Trinajstić information content (AvgIpc) is 1.62. The van der Waals surface area contributed by atoms with Crippen LogP contribution in [0.5, 0.6) is 0 Å². The van der Waals surface area contributed by atoms with E-state index in [1.54, 1.807) is 29.0 Å². The molecule has 0 spiro atoms. The summed E-state index contributed by atoms with van der Waals surface area (Å²) < 4.78 is 130. The first kappa shape index (κ1) is 67.9. The van der Waals surface area contributed by atoms with Gasteiger partial charge in [0.05, 0.1) is 62.3 Å². The molecule has 0 radical (unpaired) electrons. The van der Waals surface area contributed by atoms with E-state index in [0.717, 1.165) is 44.7 Å². The van der Waals surface area contributed by atoms with E-state index in [2.05, 4.69) is 63.4 Å². The third kappa shape index (κ3) is 14.9. The summed E-state index contributed by atoms with van der Waals surface area (Å²) in [6.07, 6.45) is 13.6. The molecular formula is C55H63N7O20P3S4+. The standard InChI is InChI=1S/C55H62N7O20P3S4/c1-6-60-41-21-19-37-39(26-35(87(72)73)28-43(37)86-80-64)50(41)54(2,3)45(60)15-9-7-10-16-46-55(4,5)51-40-27-36(88(74)75)29-44(89(76)77)38(40)20-22-42(51)61(46)25-12-8-11-17-47(63)57-24-13-14-33-30-62(53-49(33)52(56)58-32-59-53)48-23-18-34(79-48)31-78-84(68,69)82-85(70,71)81-83(65,66)67/h7,9-10,15-16,19-22,26-30,32,34,48H,6,8,11-12,17-18,23-25,31H2,1-5H3,(H10-,56,57,58,59,63,64,65,66,67,68,69,70,71,72,73,74,75,76,77)/p+1. The van der Waals surface area contributed by atoms with Gasteiger partial charge in [-0.05, 0) is 111 Å². The SMILES string of the molecule is CCN1C(=CC=CC=CC2=[N+](CCCCCC(=O)NCC#Cc3cn(C4CCC(COP(=O)(O)OP(=O)(O)OP(=O)(O)O)O4)c4ncnc(N)c34)c3ccc4c(S(=O)O)cc(S(=O)O)cc4c3C2(C)C)C(C)(C)c2c1ccc1c(SOO)cc(S(=O)O)cc21.